The van der Waals surface area contributed by atoms with Crippen molar-refractivity contribution in [1.82, 2.24) is 15.3 Å². The fourth-order valence-corrected chi connectivity index (χ4v) is 3.80. The highest BCUT2D eigenvalue weighted by Crippen LogP contribution is 2.28. The number of pyridine rings is 1. The summed E-state index contributed by atoms with van der Waals surface area (Å²) >= 11 is 1.62. The molecule has 0 aliphatic heterocycles. The van der Waals surface area contributed by atoms with Crippen LogP contribution in [0.1, 0.15) is 41.9 Å². The van der Waals surface area contributed by atoms with Crippen LogP contribution >= 0.6 is 11.3 Å². The van der Waals surface area contributed by atoms with Gasteiger partial charge < -0.3 is 5.32 Å². The molecular weight excluding hydrogens is 308 g/mol. The van der Waals surface area contributed by atoms with Crippen LogP contribution in [0.2, 0.25) is 0 Å². The maximum atomic E-state index is 12.0. The molecule has 1 aliphatic rings. The lowest BCUT2D eigenvalue weighted by Gasteiger charge is -2.06. The molecule has 0 aromatic carbocycles. The zero-order valence-corrected chi connectivity index (χ0v) is 14.0. The van der Waals surface area contributed by atoms with E-state index in [0.29, 0.717) is 11.7 Å². The van der Waals surface area contributed by atoms with Crippen LogP contribution in [0, 0.1) is 0 Å². The zero-order valence-electron chi connectivity index (χ0n) is 13.2. The van der Waals surface area contributed by atoms with Crippen LogP contribution in [-0.4, -0.2) is 22.5 Å². The molecular formula is C17H22N4OS. The second-order valence-electron chi connectivity index (χ2n) is 5.76. The summed E-state index contributed by atoms with van der Waals surface area (Å²) in [5, 5.41) is 6.44. The van der Waals surface area contributed by atoms with Crippen LogP contribution in [-0.2, 0) is 19.3 Å². The highest BCUT2D eigenvalue weighted by Gasteiger charge is 2.14. The van der Waals surface area contributed by atoms with E-state index in [1.807, 2.05) is 18.2 Å². The Labute approximate surface area is 140 Å². The van der Waals surface area contributed by atoms with Gasteiger partial charge in [0.15, 0.2) is 5.13 Å². The monoisotopic (exact) mass is 330 g/mol. The number of aromatic nitrogens is 2. The summed E-state index contributed by atoms with van der Waals surface area (Å²) in [6.07, 6.45) is 9.63. The number of thiazole rings is 1. The fraction of sp³-hybridized carbons (Fsp3) is 0.471. The van der Waals surface area contributed by atoms with Gasteiger partial charge in [-0.15, -0.1) is 11.3 Å². The number of carbonyl (C=O) groups is 1. The molecule has 0 saturated heterocycles. The van der Waals surface area contributed by atoms with E-state index in [4.69, 9.17) is 0 Å². The zero-order chi connectivity index (χ0) is 15.9. The van der Waals surface area contributed by atoms with Gasteiger partial charge in [-0.3, -0.25) is 10.3 Å². The normalized spacial score (nSPS) is 14.4. The van der Waals surface area contributed by atoms with E-state index in [2.05, 4.69) is 20.6 Å². The Bertz CT molecular complexity index is 616. The number of fused-ring (bicyclic) bond motifs is 1. The number of hydrogen-bond donors (Lipinski definition) is 2. The van der Waals surface area contributed by atoms with Gasteiger partial charge in [-0.2, -0.15) is 0 Å². The van der Waals surface area contributed by atoms with E-state index in [9.17, 15) is 4.79 Å². The van der Waals surface area contributed by atoms with Gasteiger partial charge in [0, 0.05) is 29.7 Å². The Morgan fingerprint density at radius 1 is 1.17 bits per heavy atom. The van der Waals surface area contributed by atoms with E-state index in [1.54, 1.807) is 17.5 Å². The summed E-state index contributed by atoms with van der Waals surface area (Å²) in [6, 6.07) is 5.61. The summed E-state index contributed by atoms with van der Waals surface area (Å²) in [5.74, 6) is 0. The Hall–Kier alpha value is -1.95. The SMILES string of the molecule is O=C(NCCc1ccccn1)Nc1nc2c(s1)CCCCCC2. The van der Waals surface area contributed by atoms with Crippen LogP contribution in [0.15, 0.2) is 24.4 Å². The van der Waals surface area contributed by atoms with Gasteiger partial charge in [-0.25, -0.2) is 9.78 Å². The molecule has 0 radical (unpaired) electrons. The molecule has 2 heterocycles. The third kappa shape index (κ3) is 4.76. The van der Waals surface area contributed by atoms with Crippen molar-refractivity contribution < 1.29 is 4.79 Å². The van der Waals surface area contributed by atoms with Crippen molar-refractivity contribution in [3.63, 3.8) is 0 Å². The molecule has 2 N–H and O–H groups in total. The topological polar surface area (TPSA) is 66.9 Å². The van der Waals surface area contributed by atoms with Gasteiger partial charge in [0.05, 0.1) is 5.69 Å². The number of nitrogens with one attached hydrogen (secondary N) is 2. The predicted molar refractivity (Wildman–Crippen MR) is 93.0 cm³/mol. The molecule has 0 bridgehead atoms. The molecule has 0 unspecified atom stereocenters. The molecule has 3 rings (SSSR count). The second kappa shape index (κ2) is 8.06. The van der Waals surface area contributed by atoms with Crippen molar-refractivity contribution >= 4 is 22.5 Å². The molecule has 2 aromatic heterocycles. The first-order valence-electron chi connectivity index (χ1n) is 8.24. The average molecular weight is 330 g/mol. The standard InChI is InChI=1S/C17H22N4OS/c22-16(19-12-10-13-7-5-6-11-18-13)21-17-20-14-8-3-1-2-4-9-15(14)23-17/h5-7,11H,1-4,8-10,12H2,(H2,19,20,21,22). The molecule has 2 amide bonds. The van der Waals surface area contributed by atoms with Gasteiger partial charge in [0.1, 0.15) is 0 Å². The predicted octanol–water partition coefficient (Wildman–Crippen LogP) is 3.56. The Kier molecular flexibility index (Phi) is 5.58. The first-order valence-corrected chi connectivity index (χ1v) is 9.06. The van der Waals surface area contributed by atoms with Crippen LogP contribution < -0.4 is 10.6 Å². The highest BCUT2D eigenvalue weighted by molar-refractivity contribution is 7.15. The molecule has 0 atom stereocenters. The van der Waals surface area contributed by atoms with E-state index >= 15 is 0 Å². The Morgan fingerprint density at radius 2 is 2.04 bits per heavy atom. The van der Waals surface area contributed by atoms with Gasteiger partial charge in [-0.05, 0) is 37.8 Å². The minimum atomic E-state index is -0.192. The van der Waals surface area contributed by atoms with Gasteiger partial charge in [0.2, 0.25) is 0 Å². The van der Waals surface area contributed by atoms with Crippen molar-refractivity contribution in [2.75, 3.05) is 11.9 Å². The summed E-state index contributed by atoms with van der Waals surface area (Å²) in [7, 11) is 0. The minimum absolute atomic E-state index is 0.192. The van der Waals surface area contributed by atoms with Gasteiger partial charge >= 0.3 is 6.03 Å². The molecule has 2 aromatic rings. The lowest BCUT2D eigenvalue weighted by atomic mass is 10.0. The Morgan fingerprint density at radius 3 is 2.87 bits per heavy atom. The van der Waals surface area contributed by atoms with Crippen LogP contribution in [0.5, 0.6) is 0 Å². The summed E-state index contributed by atoms with van der Waals surface area (Å²) in [5.41, 5.74) is 2.16. The van der Waals surface area contributed by atoms with Crippen molar-refractivity contribution in [3.05, 3.63) is 40.7 Å². The lowest BCUT2D eigenvalue weighted by molar-refractivity contribution is 0.252. The lowest BCUT2D eigenvalue weighted by Crippen LogP contribution is -2.30. The number of carbonyl (C=O) groups excluding carboxylic acids is 1. The molecule has 5 nitrogen and oxygen atoms in total. The van der Waals surface area contributed by atoms with Crippen LogP contribution in [0.4, 0.5) is 9.93 Å². The fourth-order valence-electron chi connectivity index (χ4n) is 2.75. The van der Waals surface area contributed by atoms with Crippen molar-refractivity contribution in [1.29, 1.82) is 0 Å². The number of amides is 2. The highest BCUT2D eigenvalue weighted by atomic mass is 32.1. The quantitative estimate of drug-likeness (QED) is 0.901. The van der Waals surface area contributed by atoms with Crippen molar-refractivity contribution in [2.24, 2.45) is 0 Å². The Balaban J connectivity index is 1.49. The molecule has 6 heteroatoms. The molecule has 0 saturated carbocycles. The summed E-state index contributed by atoms with van der Waals surface area (Å²) < 4.78 is 0. The second-order valence-corrected chi connectivity index (χ2v) is 6.84. The van der Waals surface area contributed by atoms with Crippen LogP contribution in [0.3, 0.4) is 0 Å². The maximum absolute atomic E-state index is 12.0. The van der Waals surface area contributed by atoms with Gasteiger partial charge in [-0.1, -0.05) is 18.9 Å². The smallest absolute Gasteiger partial charge is 0.321 e. The number of anilines is 1. The van der Waals surface area contributed by atoms with E-state index in [1.165, 1.54) is 36.3 Å². The van der Waals surface area contributed by atoms with E-state index < -0.39 is 0 Å². The summed E-state index contributed by atoms with van der Waals surface area (Å²) in [6.45, 7) is 0.563. The van der Waals surface area contributed by atoms with E-state index in [0.717, 1.165) is 25.0 Å². The average Bonchev–Trinajstić information content (AvgIpc) is 2.89. The third-order valence-corrected chi connectivity index (χ3v) is 5.03. The molecule has 1 aliphatic carbocycles. The molecule has 0 fully saturated rings. The molecule has 23 heavy (non-hydrogen) atoms. The number of nitrogens with zero attached hydrogens (tertiary/aromatic N) is 2. The molecule has 122 valence electrons. The van der Waals surface area contributed by atoms with Crippen molar-refractivity contribution in [2.45, 2.75) is 44.9 Å². The maximum Gasteiger partial charge on any atom is 0.321 e. The van der Waals surface area contributed by atoms with Crippen LogP contribution in [0.25, 0.3) is 0 Å². The van der Waals surface area contributed by atoms with Gasteiger partial charge in [0.25, 0.3) is 0 Å². The van der Waals surface area contributed by atoms with E-state index in [-0.39, 0.29) is 6.03 Å². The number of aryl methyl sites for hydroxylation is 2. The molecule has 0 spiro atoms. The largest absolute Gasteiger partial charge is 0.337 e. The number of urea groups is 1. The first-order chi connectivity index (χ1) is 11.3. The first kappa shape index (κ1) is 15.9. The number of hydrogen-bond acceptors (Lipinski definition) is 4. The van der Waals surface area contributed by atoms with Crippen molar-refractivity contribution in [3.8, 4) is 0 Å². The number of rotatable bonds is 4. The summed E-state index contributed by atoms with van der Waals surface area (Å²) in [4.78, 5) is 22.1. The third-order valence-electron chi connectivity index (χ3n) is 3.96. The minimum Gasteiger partial charge on any atom is -0.337 e.